The van der Waals surface area contributed by atoms with Crippen molar-refractivity contribution in [2.75, 3.05) is 11.6 Å². The fourth-order valence-electron chi connectivity index (χ4n) is 5.30. The molecule has 10 heteroatoms. The molecule has 0 radical (unpaired) electrons. The Morgan fingerprint density at radius 2 is 1.97 bits per heavy atom. The Morgan fingerprint density at radius 3 is 2.75 bits per heavy atom. The summed E-state index contributed by atoms with van der Waals surface area (Å²) < 4.78 is 30.8. The number of fused-ring (bicyclic) bond motifs is 3. The molecule has 1 aliphatic carbocycles. The Bertz CT molecular complexity index is 1660. The highest BCUT2D eigenvalue weighted by molar-refractivity contribution is 7.90. The number of carbonyl (C=O) groups excluding carboxylic acids is 1. The van der Waals surface area contributed by atoms with Crippen LogP contribution in [-0.2, 0) is 14.6 Å². The number of hydrogen-bond acceptors (Lipinski definition) is 6. The zero-order chi connectivity index (χ0) is 25.6. The minimum absolute atomic E-state index is 0.0715. The number of amides is 1. The lowest BCUT2D eigenvalue weighted by Gasteiger charge is -2.31. The number of aromatic nitrogens is 2. The molecule has 2 heterocycles. The smallest absolute Gasteiger partial charge is 0.264 e. The van der Waals surface area contributed by atoms with Gasteiger partial charge in [0.25, 0.3) is 5.56 Å². The third kappa shape index (κ3) is 4.53. The topological polar surface area (TPSA) is 111 Å². The highest BCUT2D eigenvalue weighted by Gasteiger charge is 2.29. The number of benzene rings is 2. The molecule has 1 fully saturated rings. The maximum absolute atomic E-state index is 13.6. The summed E-state index contributed by atoms with van der Waals surface area (Å²) in [5.41, 5.74) is 1.46. The van der Waals surface area contributed by atoms with Crippen LogP contribution in [0.25, 0.3) is 21.8 Å². The van der Waals surface area contributed by atoms with Crippen LogP contribution in [0.2, 0.25) is 5.02 Å². The minimum Gasteiger partial charge on any atom is -0.360 e. The second kappa shape index (κ2) is 9.37. The predicted octanol–water partition coefficient (Wildman–Crippen LogP) is 5.27. The molecule has 1 saturated carbocycles. The molecule has 5 rings (SSSR count). The number of pyridine rings is 1. The van der Waals surface area contributed by atoms with Crippen molar-refractivity contribution in [2.24, 2.45) is 5.92 Å². The number of hydrogen-bond donors (Lipinski definition) is 1. The lowest BCUT2D eigenvalue weighted by atomic mass is 9.83. The van der Waals surface area contributed by atoms with Gasteiger partial charge in [-0.3, -0.25) is 9.59 Å². The number of aryl methyl sites for hydroxylation is 1. The average Bonchev–Trinajstić information content (AvgIpc) is 3.21. The summed E-state index contributed by atoms with van der Waals surface area (Å²) in [7, 11) is -3.37. The lowest BCUT2D eigenvalue weighted by molar-refractivity contribution is -0.117. The van der Waals surface area contributed by atoms with Crippen LogP contribution in [0.1, 0.15) is 43.9 Å². The Kier molecular flexibility index (Phi) is 6.38. The second-order valence-electron chi connectivity index (χ2n) is 9.51. The number of carbonyl (C=O) groups is 1. The van der Waals surface area contributed by atoms with Crippen molar-refractivity contribution in [1.82, 2.24) is 9.72 Å². The molecule has 188 valence electrons. The average molecular weight is 528 g/mol. The standard InChI is InChI=1S/C26H26ClN3O5S/c1-15-23-25(29-35-15)24-20(27)10-5-11-21(24)30(26(23)32)18-8-3-6-16(12-18)13-22(31)28-17-7-4-9-19(14-17)36(2,33)34/h4-5,7,9-11,14,16,18H,3,6,8,12-13H2,1-2H3,(H,28,31)/t16-,18+/m1/s1. The maximum atomic E-state index is 13.6. The number of rotatable bonds is 5. The molecule has 2 atom stereocenters. The van der Waals surface area contributed by atoms with Crippen molar-refractivity contribution in [3.05, 3.63) is 63.6 Å². The van der Waals surface area contributed by atoms with Crippen molar-refractivity contribution in [1.29, 1.82) is 0 Å². The lowest BCUT2D eigenvalue weighted by Crippen LogP contribution is -2.30. The van der Waals surface area contributed by atoms with Crippen LogP contribution in [0.4, 0.5) is 5.69 Å². The van der Waals surface area contributed by atoms with Gasteiger partial charge in [0.15, 0.2) is 9.84 Å². The number of nitrogens with zero attached hydrogens (tertiary/aromatic N) is 2. The van der Waals surface area contributed by atoms with Crippen LogP contribution in [0, 0.1) is 12.8 Å². The van der Waals surface area contributed by atoms with E-state index in [0.29, 0.717) is 44.7 Å². The van der Waals surface area contributed by atoms with Crippen LogP contribution in [-0.4, -0.2) is 30.3 Å². The predicted molar refractivity (Wildman–Crippen MR) is 139 cm³/mol. The van der Waals surface area contributed by atoms with Crippen molar-refractivity contribution in [2.45, 2.75) is 50.0 Å². The summed E-state index contributed by atoms with van der Waals surface area (Å²) in [5, 5.41) is 8.55. The van der Waals surface area contributed by atoms with Crippen LogP contribution in [0.5, 0.6) is 0 Å². The first-order chi connectivity index (χ1) is 17.1. The second-order valence-corrected chi connectivity index (χ2v) is 11.9. The van der Waals surface area contributed by atoms with Crippen molar-refractivity contribution < 1.29 is 17.7 Å². The van der Waals surface area contributed by atoms with Gasteiger partial charge in [-0.25, -0.2) is 8.42 Å². The van der Waals surface area contributed by atoms with Gasteiger partial charge in [-0.1, -0.05) is 35.3 Å². The van der Waals surface area contributed by atoms with Crippen molar-refractivity contribution in [3.8, 4) is 0 Å². The minimum atomic E-state index is -3.37. The molecule has 2 aromatic heterocycles. The van der Waals surface area contributed by atoms with E-state index in [1.54, 1.807) is 29.7 Å². The first kappa shape index (κ1) is 24.5. The fourth-order valence-corrected chi connectivity index (χ4v) is 6.22. The van der Waals surface area contributed by atoms with E-state index in [1.165, 1.54) is 12.1 Å². The van der Waals surface area contributed by atoms with Gasteiger partial charge >= 0.3 is 0 Å². The molecular formula is C26H26ClN3O5S. The maximum Gasteiger partial charge on any atom is 0.264 e. The van der Waals surface area contributed by atoms with Gasteiger partial charge in [0.1, 0.15) is 16.7 Å². The molecule has 0 aliphatic heterocycles. The first-order valence-corrected chi connectivity index (χ1v) is 14.1. The van der Waals surface area contributed by atoms with Crippen LogP contribution < -0.4 is 10.9 Å². The highest BCUT2D eigenvalue weighted by atomic mass is 35.5. The molecule has 36 heavy (non-hydrogen) atoms. The third-order valence-corrected chi connectivity index (χ3v) is 8.35. The van der Waals surface area contributed by atoms with Crippen molar-refractivity contribution in [3.63, 3.8) is 0 Å². The SMILES string of the molecule is Cc1onc2c1c(=O)n([C@H]1CCC[C@@H](CC(=O)Nc3cccc(S(C)(=O)=O)c3)C1)c1cccc(Cl)c21. The van der Waals surface area contributed by atoms with E-state index >= 15 is 0 Å². The third-order valence-electron chi connectivity index (χ3n) is 6.92. The molecule has 1 aliphatic rings. The molecule has 4 aromatic rings. The van der Waals surface area contributed by atoms with Gasteiger partial charge in [0, 0.05) is 29.8 Å². The van der Waals surface area contributed by atoms with E-state index < -0.39 is 9.84 Å². The molecule has 1 amide bonds. The summed E-state index contributed by atoms with van der Waals surface area (Å²) in [6.45, 7) is 1.72. The van der Waals surface area contributed by atoms with E-state index in [1.807, 2.05) is 12.1 Å². The Balaban J connectivity index is 1.42. The summed E-state index contributed by atoms with van der Waals surface area (Å²) in [6.07, 6.45) is 4.63. The summed E-state index contributed by atoms with van der Waals surface area (Å²) in [5.74, 6) is 0.341. The number of anilines is 1. The molecule has 2 aromatic carbocycles. The Morgan fingerprint density at radius 1 is 1.19 bits per heavy atom. The number of sulfone groups is 1. The van der Waals surface area contributed by atoms with E-state index in [4.69, 9.17) is 16.1 Å². The van der Waals surface area contributed by atoms with E-state index in [2.05, 4.69) is 10.5 Å². The molecule has 1 N–H and O–H groups in total. The van der Waals surface area contributed by atoms with Crippen LogP contribution in [0.3, 0.4) is 0 Å². The molecule has 0 spiro atoms. The van der Waals surface area contributed by atoms with E-state index in [9.17, 15) is 18.0 Å². The molecule has 0 unspecified atom stereocenters. The molecule has 0 saturated heterocycles. The summed E-state index contributed by atoms with van der Waals surface area (Å²) >= 11 is 6.53. The van der Waals surface area contributed by atoms with E-state index in [0.717, 1.165) is 25.5 Å². The highest BCUT2D eigenvalue weighted by Crippen LogP contribution is 2.38. The molecule has 0 bridgehead atoms. The zero-order valence-electron chi connectivity index (χ0n) is 20.0. The normalized spacial score (nSPS) is 18.5. The van der Waals surface area contributed by atoms with Crippen LogP contribution in [0.15, 0.2) is 56.7 Å². The summed E-state index contributed by atoms with van der Waals surface area (Å²) in [6, 6.07) is 11.6. The van der Waals surface area contributed by atoms with Crippen molar-refractivity contribution >= 4 is 54.8 Å². The fraction of sp³-hybridized carbons (Fsp3) is 0.346. The molecular weight excluding hydrogens is 502 g/mol. The zero-order valence-corrected chi connectivity index (χ0v) is 21.5. The van der Waals surface area contributed by atoms with E-state index in [-0.39, 0.29) is 34.7 Å². The Hall–Kier alpha value is -3.17. The van der Waals surface area contributed by atoms with Gasteiger partial charge in [-0.05, 0) is 62.4 Å². The van der Waals surface area contributed by atoms with Crippen LogP contribution >= 0.6 is 11.6 Å². The van der Waals surface area contributed by atoms with Gasteiger partial charge < -0.3 is 14.4 Å². The summed E-state index contributed by atoms with van der Waals surface area (Å²) in [4.78, 5) is 26.6. The number of halogens is 1. The van der Waals surface area contributed by atoms with Gasteiger partial charge in [-0.15, -0.1) is 0 Å². The first-order valence-electron chi connectivity index (χ1n) is 11.8. The van der Waals surface area contributed by atoms with Gasteiger partial charge in [-0.2, -0.15) is 0 Å². The Labute approximate surface area is 213 Å². The van der Waals surface area contributed by atoms with Gasteiger partial charge in [0.05, 0.1) is 15.4 Å². The molecule has 8 nitrogen and oxygen atoms in total. The monoisotopic (exact) mass is 527 g/mol. The quantitative estimate of drug-likeness (QED) is 0.378. The van der Waals surface area contributed by atoms with Gasteiger partial charge in [0.2, 0.25) is 5.91 Å². The largest absolute Gasteiger partial charge is 0.360 e. The number of nitrogens with one attached hydrogen (secondary N) is 1.